The first-order valence-electron chi connectivity index (χ1n) is 7.86. The lowest BCUT2D eigenvalue weighted by Crippen LogP contribution is -2.40. The Bertz CT molecular complexity index is 507. The fourth-order valence-corrected chi connectivity index (χ4v) is 3.95. The van der Waals surface area contributed by atoms with Crippen molar-refractivity contribution in [2.75, 3.05) is 31.5 Å². The zero-order valence-corrected chi connectivity index (χ0v) is 13.1. The number of rotatable bonds is 4. The molecular weight excluding hydrogens is 266 g/mol. The number of hydrogen-bond donors (Lipinski definition) is 3. The molecule has 0 radical (unpaired) electrons. The minimum absolute atomic E-state index is 0.0639. The number of carbonyl (C=O) groups is 1. The highest BCUT2D eigenvalue weighted by molar-refractivity contribution is 5.93. The highest BCUT2D eigenvalue weighted by Crippen LogP contribution is 2.34. The van der Waals surface area contributed by atoms with Gasteiger partial charge in [-0.05, 0) is 45.2 Å². The molecule has 2 aliphatic rings. The third-order valence-electron chi connectivity index (χ3n) is 4.98. The van der Waals surface area contributed by atoms with Crippen LogP contribution in [0.25, 0.3) is 0 Å². The number of carbonyl (C=O) groups excluding carboxylic acids is 1. The van der Waals surface area contributed by atoms with Crippen molar-refractivity contribution >= 4 is 11.6 Å². The number of likely N-dealkylation sites (tertiary alicyclic amines) is 1. The van der Waals surface area contributed by atoms with Crippen LogP contribution in [-0.4, -0.2) is 53.2 Å². The van der Waals surface area contributed by atoms with Crippen molar-refractivity contribution in [3.05, 3.63) is 11.4 Å². The summed E-state index contributed by atoms with van der Waals surface area (Å²) in [6.07, 6.45) is 1.11. The van der Waals surface area contributed by atoms with Gasteiger partial charge < -0.3 is 10.6 Å². The number of nitrogens with zero attached hydrogens (tertiary/aromatic N) is 2. The maximum absolute atomic E-state index is 12.3. The van der Waals surface area contributed by atoms with Crippen molar-refractivity contribution in [2.45, 2.75) is 33.2 Å². The molecule has 1 aromatic heterocycles. The third-order valence-corrected chi connectivity index (χ3v) is 4.98. The van der Waals surface area contributed by atoms with Crippen molar-refractivity contribution in [3.8, 4) is 0 Å². The molecule has 1 aromatic rings. The fourth-order valence-electron chi connectivity index (χ4n) is 3.95. The van der Waals surface area contributed by atoms with Crippen LogP contribution in [0.4, 0.5) is 5.69 Å². The normalized spacial score (nSPS) is 28.8. The quantitative estimate of drug-likeness (QED) is 0.770. The van der Waals surface area contributed by atoms with E-state index in [9.17, 15) is 4.79 Å². The highest BCUT2D eigenvalue weighted by Gasteiger charge is 2.43. The summed E-state index contributed by atoms with van der Waals surface area (Å²) < 4.78 is 0. The molecule has 0 aromatic carbocycles. The van der Waals surface area contributed by atoms with Crippen LogP contribution in [0.2, 0.25) is 0 Å². The van der Waals surface area contributed by atoms with Gasteiger partial charge in [0.1, 0.15) is 0 Å². The van der Waals surface area contributed by atoms with Gasteiger partial charge in [0.2, 0.25) is 5.91 Å². The van der Waals surface area contributed by atoms with E-state index in [1.165, 1.54) is 0 Å². The number of H-pyrrole nitrogens is 1. The number of nitrogens with one attached hydrogen (secondary N) is 3. The number of aromatic nitrogens is 2. The van der Waals surface area contributed by atoms with Gasteiger partial charge in [-0.15, -0.1) is 0 Å². The van der Waals surface area contributed by atoms with E-state index in [-0.39, 0.29) is 5.91 Å². The molecule has 2 aliphatic heterocycles. The van der Waals surface area contributed by atoms with Gasteiger partial charge in [0.25, 0.3) is 0 Å². The van der Waals surface area contributed by atoms with E-state index >= 15 is 0 Å². The summed E-state index contributed by atoms with van der Waals surface area (Å²) in [4.78, 5) is 14.7. The van der Waals surface area contributed by atoms with E-state index in [1.807, 2.05) is 13.8 Å². The van der Waals surface area contributed by atoms with E-state index in [4.69, 9.17) is 0 Å². The Morgan fingerprint density at radius 2 is 2.24 bits per heavy atom. The van der Waals surface area contributed by atoms with Crippen LogP contribution < -0.4 is 10.6 Å². The molecule has 3 unspecified atom stereocenters. The van der Waals surface area contributed by atoms with Gasteiger partial charge in [0.05, 0.1) is 23.6 Å². The standard InChI is InChI=1S/C15H25N5O/c1-4-13-12-6-16-5-11(12)7-20(13)8-14(21)17-15-9(2)18-19-10(15)3/h11-13,16H,4-8H2,1-3H3,(H,17,21)(H,18,19). The molecule has 0 bridgehead atoms. The number of aryl methyl sites for hydroxylation is 2. The maximum Gasteiger partial charge on any atom is 0.238 e. The van der Waals surface area contributed by atoms with Crippen molar-refractivity contribution in [2.24, 2.45) is 11.8 Å². The van der Waals surface area contributed by atoms with Crippen LogP contribution >= 0.6 is 0 Å². The minimum atomic E-state index is 0.0639. The van der Waals surface area contributed by atoms with Crippen LogP contribution in [0, 0.1) is 25.7 Å². The molecule has 0 saturated carbocycles. The first-order chi connectivity index (χ1) is 10.1. The third kappa shape index (κ3) is 2.70. The molecule has 116 valence electrons. The Morgan fingerprint density at radius 1 is 1.43 bits per heavy atom. The fraction of sp³-hybridized carbons (Fsp3) is 0.733. The number of amides is 1. The summed E-state index contributed by atoms with van der Waals surface area (Å²) in [5, 5.41) is 13.5. The number of hydrogen-bond acceptors (Lipinski definition) is 4. The highest BCUT2D eigenvalue weighted by atomic mass is 16.2. The molecular formula is C15H25N5O. The van der Waals surface area contributed by atoms with Gasteiger partial charge in [-0.25, -0.2) is 0 Å². The molecule has 2 fully saturated rings. The van der Waals surface area contributed by atoms with E-state index in [1.54, 1.807) is 0 Å². The lowest BCUT2D eigenvalue weighted by molar-refractivity contribution is -0.117. The number of aromatic amines is 1. The van der Waals surface area contributed by atoms with Crippen molar-refractivity contribution in [1.82, 2.24) is 20.4 Å². The molecule has 0 spiro atoms. The molecule has 0 aliphatic carbocycles. The molecule has 3 atom stereocenters. The van der Waals surface area contributed by atoms with Crippen LogP contribution in [-0.2, 0) is 4.79 Å². The molecule has 6 nitrogen and oxygen atoms in total. The molecule has 3 rings (SSSR count). The average molecular weight is 291 g/mol. The van der Waals surface area contributed by atoms with Crippen LogP contribution in [0.3, 0.4) is 0 Å². The van der Waals surface area contributed by atoms with E-state index < -0.39 is 0 Å². The number of fused-ring (bicyclic) bond motifs is 1. The Hall–Kier alpha value is -1.40. The molecule has 6 heteroatoms. The molecule has 21 heavy (non-hydrogen) atoms. The monoisotopic (exact) mass is 291 g/mol. The van der Waals surface area contributed by atoms with Crippen molar-refractivity contribution in [1.29, 1.82) is 0 Å². The predicted octanol–water partition coefficient (Wildman–Crippen LogP) is 0.895. The topological polar surface area (TPSA) is 73.1 Å². The largest absolute Gasteiger partial charge is 0.322 e. The Balaban J connectivity index is 1.62. The number of anilines is 1. The zero-order valence-electron chi connectivity index (χ0n) is 13.1. The first-order valence-corrected chi connectivity index (χ1v) is 7.86. The Kier molecular flexibility index (Phi) is 3.99. The molecule has 3 heterocycles. The van der Waals surface area contributed by atoms with Crippen LogP contribution in [0.15, 0.2) is 0 Å². The molecule has 2 saturated heterocycles. The lowest BCUT2D eigenvalue weighted by Gasteiger charge is -2.26. The predicted molar refractivity (Wildman–Crippen MR) is 82.2 cm³/mol. The van der Waals surface area contributed by atoms with Crippen LogP contribution in [0.1, 0.15) is 24.7 Å². The summed E-state index contributed by atoms with van der Waals surface area (Å²) in [5.74, 6) is 1.48. The summed E-state index contributed by atoms with van der Waals surface area (Å²) in [5.41, 5.74) is 2.58. The average Bonchev–Trinajstić information content (AvgIpc) is 3.09. The van der Waals surface area contributed by atoms with Gasteiger partial charge in [0, 0.05) is 12.6 Å². The minimum Gasteiger partial charge on any atom is -0.322 e. The smallest absolute Gasteiger partial charge is 0.238 e. The Morgan fingerprint density at radius 3 is 2.90 bits per heavy atom. The summed E-state index contributed by atoms with van der Waals surface area (Å²) >= 11 is 0. The van der Waals surface area contributed by atoms with E-state index in [2.05, 4.69) is 32.7 Å². The molecule has 1 amide bonds. The lowest BCUT2D eigenvalue weighted by atomic mass is 9.93. The van der Waals surface area contributed by atoms with Gasteiger partial charge in [0.15, 0.2) is 0 Å². The summed E-state index contributed by atoms with van der Waals surface area (Å²) in [6, 6.07) is 0.530. The van der Waals surface area contributed by atoms with Gasteiger partial charge in [-0.2, -0.15) is 5.10 Å². The zero-order chi connectivity index (χ0) is 15.0. The second-order valence-electron chi connectivity index (χ2n) is 6.34. The molecule has 3 N–H and O–H groups in total. The van der Waals surface area contributed by atoms with Crippen LogP contribution in [0.5, 0.6) is 0 Å². The van der Waals surface area contributed by atoms with E-state index in [0.29, 0.717) is 24.4 Å². The Labute approximate surface area is 125 Å². The van der Waals surface area contributed by atoms with Gasteiger partial charge in [-0.3, -0.25) is 14.8 Å². The first kappa shape index (κ1) is 14.5. The van der Waals surface area contributed by atoms with Crippen molar-refractivity contribution in [3.63, 3.8) is 0 Å². The van der Waals surface area contributed by atoms with Gasteiger partial charge in [-0.1, -0.05) is 6.92 Å². The summed E-state index contributed by atoms with van der Waals surface area (Å²) in [7, 11) is 0. The summed E-state index contributed by atoms with van der Waals surface area (Å²) in [6.45, 7) is 9.76. The van der Waals surface area contributed by atoms with Gasteiger partial charge >= 0.3 is 0 Å². The second kappa shape index (κ2) is 5.77. The second-order valence-corrected chi connectivity index (χ2v) is 6.34. The SMILES string of the molecule is CCC1C2CNCC2CN1CC(=O)Nc1c(C)n[nH]c1C. The maximum atomic E-state index is 12.3. The van der Waals surface area contributed by atoms with E-state index in [0.717, 1.165) is 43.1 Å². The van der Waals surface area contributed by atoms with Crippen molar-refractivity contribution < 1.29 is 4.79 Å².